The number of hydrogen-bond donors (Lipinski definition) is 0. The molecule has 0 saturated carbocycles. The number of rotatable bonds is 7. The van der Waals surface area contributed by atoms with E-state index in [1.165, 1.54) is 12.1 Å². The highest BCUT2D eigenvalue weighted by atomic mass is 79.9. The molecule has 0 aliphatic heterocycles. The first-order valence-corrected chi connectivity index (χ1v) is 9.75. The minimum Gasteiger partial charge on any atom is -0.454 e. The smallest absolute Gasteiger partial charge is 0.387 e. The molecule has 0 N–H and O–H groups in total. The van der Waals surface area contributed by atoms with E-state index in [1.54, 1.807) is 49.4 Å². The molecule has 3 rings (SSSR count). The van der Waals surface area contributed by atoms with Crippen LogP contribution in [-0.4, -0.2) is 29.5 Å². The number of aryl methyl sites for hydroxylation is 1. The van der Waals surface area contributed by atoms with Crippen molar-refractivity contribution in [2.24, 2.45) is 0 Å². The monoisotopic (exact) mass is 477 g/mol. The molecule has 0 saturated heterocycles. The van der Waals surface area contributed by atoms with Crippen LogP contribution in [0.5, 0.6) is 5.75 Å². The fraction of sp³-hybridized carbons (Fsp3) is 0.182. The molecule has 5 nitrogen and oxygen atoms in total. The second-order valence-corrected chi connectivity index (χ2v) is 7.42. The Bertz CT molecular complexity index is 1080. The fourth-order valence-corrected chi connectivity index (χ4v) is 3.53. The minimum absolute atomic E-state index is 0.0481. The molecule has 0 radical (unpaired) electrons. The number of carbonyl (C=O) groups is 2. The standard InChI is InChI=1S/C22H18BrF2NO4/c1-13-10-19(20(27)12-29-21(28)15-4-3-5-16(23)11-15)14(2)26(13)17-6-8-18(9-7-17)30-22(24)25/h3-11,22H,12H2,1-2H3. The molecule has 0 bridgehead atoms. The first-order valence-electron chi connectivity index (χ1n) is 8.96. The molecular formula is C22H18BrF2NO4. The van der Waals surface area contributed by atoms with Crippen molar-refractivity contribution in [1.82, 2.24) is 4.57 Å². The second kappa shape index (κ2) is 9.21. The van der Waals surface area contributed by atoms with E-state index in [2.05, 4.69) is 20.7 Å². The molecule has 8 heteroatoms. The number of Topliss-reactive ketones (excluding diaryl/α,β-unsaturated/α-hetero) is 1. The average Bonchev–Trinajstić information content (AvgIpc) is 3.00. The zero-order valence-electron chi connectivity index (χ0n) is 16.2. The molecule has 0 spiro atoms. The molecule has 3 aromatic rings. The van der Waals surface area contributed by atoms with Crippen LogP contribution in [0.3, 0.4) is 0 Å². The van der Waals surface area contributed by atoms with Gasteiger partial charge in [-0.25, -0.2) is 4.79 Å². The molecule has 30 heavy (non-hydrogen) atoms. The number of nitrogens with zero attached hydrogens (tertiary/aromatic N) is 1. The third-order valence-electron chi connectivity index (χ3n) is 4.45. The number of aromatic nitrogens is 1. The number of carbonyl (C=O) groups excluding carboxylic acids is 2. The van der Waals surface area contributed by atoms with Crippen molar-refractivity contribution in [2.45, 2.75) is 20.5 Å². The molecule has 0 unspecified atom stereocenters. The third-order valence-corrected chi connectivity index (χ3v) is 4.94. The molecule has 1 aromatic heterocycles. The molecule has 156 valence electrons. The minimum atomic E-state index is -2.89. The number of hydrogen-bond acceptors (Lipinski definition) is 4. The summed E-state index contributed by atoms with van der Waals surface area (Å²) in [7, 11) is 0. The van der Waals surface area contributed by atoms with Gasteiger partial charge < -0.3 is 14.0 Å². The van der Waals surface area contributed by atoms with Gasteiger partial charge in [-0.05, 0) is 62.4 Å². The van der Waals surface area contributed by atoms with Crippen LogP contribution in [0.2, 0.25) is 0 Å². The van der Waals surface area contributed by atoms with Gasteiger partial charge in [0.15, 0.2) is 6.61 Å². The van der Waals surface area contributed by atoms with Crippen LogP contribution in [0.1, 0.15) is 32.1 Å². The van der Waals surface area contributed by atoms with Crippen LogP contribution in [0.4, 0.5) is 8.78 Å². The van der Waals surface area contributed by atoms with Crippen LogP contribution >= 0.6 is 15.9 Å². The summed E-state index contributed by atoms with van der Waals surface area (Å²) in [4.78, 5) is 24.8. The van der Waals surface area contributed by atoms with E-state index in [0.29, 0.717) is 22.5 Å². The Morgan fingerprint density at radius 3 is 2.40 bits per heavy atom. The van der Waals surface area contributed by atoms with Crippen molar-refractivity contribution in [3.05, 3.63) is 81.6 Å². The highest BCUT2D eigenvalue weighted by Crippen LogP contribution is 2.24. The van der Waals surface area contributed by atoms with E-state index >= 15 is 0 Å². The van der Waals surface area contributed by atoms with Gasteiger partial charge in [0.1, 0.15) is 5.75 Å². The molecular weight excluding hydrogens is 460 g/mol. The van der Waals surface area contributed by atoms with Crippen molar-refractivity contribution in [2.75, 3.05) is 6.61 Å². The molecule has 2 aromatic carbocycles. The lowest BCUT2D eigenvalue weighted by Crippen LogP contribution is -2.15. The van der Waals surface area contributed by atoms with E-state index in [4.69, 9.17) is 4.74 Å². The average molecular weight is 478 g/mol. The highest BCUT2D eigenvalue weighted by molar-refractivity contribution is 9.10. The quantitative estimate of drug-likeness (QED) is 0.333. The van der Waals surface area contributed by atoms with Crippen LogP contribution in [0, 0.1) is 13.8 Å². The zero-order valence-corrected chi connectivity index (χ0v) is 17.8. The highest BCUT2D eigenvalue weighted by Gasteiger charge is 2.19. The summed E-state index contributed by atoms with van der Waals surface area (Å²) in [6.07, 6.45) is 0. The summed E-state index contributed by atoms with van der Waals surface area (Å²) in [5, 5.41) is 0. The van der Waals surface area contributed by atoms with E-state index in [9.17, 15) is 18.4 Å². The van der Waals surface area contributed by atoms with Gasteiger partial charge in [-0.2, -0.15) is 8.78 Å². The third kappa shape index (κ3) is 4.94. The van der Waals surface area contributed by atoms with Crippen molar-refractivity contribution in [1.29, 1.82) is 0 Å². The van der Waals surface area contributed by atoms with Gasteiger partial charge >= 0.3 is 12.6 Å². The Morgan fingerprint density at radius 1 is 1.07 bits per heavy atom. The summed E-state index contributed by atoms with van der Waals surface area (Å²) < 4.78 is 36.7. The Kier molecular flexibility index (Phi) is 6.66. The summed E-state index contributed by atoms with van der Waals surface area (Å²) in [6, 6.07) is 14.5. The fourth-order valence-electron chi connectivity index (χ4n) is 3.13. The van der Waals surface area contributed by atoms with Crippen molar-refractivity contribution in [3.63, 3.8) is 0 Å². The lowest BCUT2D eigenvalue weighted by Gasteiger charge is -2.11. The van der Waals surface area contributed by atoms with Crippen molar-refractivity contribution < 1.29 is 27.8 Å². The van der Waals surface area contributed by atoms with Gasteiger partial charge in [0.2, 0.25) is 5.78 Å². The number of alkyl halides is 2. The number of halogens is 3. The summed E-state index contributed by atoms with van der Waals surface area (Å²) in [5.74, 6) is -0.879. The van der Waals surface area contributed by atoms with Gasteiger partial charge in [-0.1, -0.05) is 22.0 Å². The van der Waals surface area contributed by atoms with E-state index in [0.717, 1.165) is 10.2 Å². The Hall–Kier alpha value is -3.00. The lowest BCUT2D eigenvalue weighted by molar-refractivity contribution is -0.0498. The van der Waals surface area contributed by atoms with E-state index in [1.807, 2.05) is 11.5 Å². The lowest BCUT2D eigenvalue weighted by atomic mass is 10.1. The largest absolute Gasteiger partial charge is 0.454 e. The SMILES string of the molecule is Cc1cc(C(=O)COC(=O)c2cccc(Br)c2)c(C)n1-c1ccc(OC(F)F)cc1. The maximum atomic E-state index is 12.6. The van der Waals surface area contributed by atoms with Crippen LogP contribution in [0.25, 0.3) is 5.69 Å². The van der Waals surface area contributed by atoms with Gasteiger partial charge in [0, 0.05) is 27.1 Å². The number of benzene rings is 2. The first kappa shape index (κ1) is 21.7. The maximum absolute atomic E-state index is 12.6. The van der Waals surface area contributed by atoms with E-state index < -0.39 is 19.2 Å². The van der Waals surface area contributed by atoms with Gasteiger partial charge in [-0.15, -0.1) is 0 Å². The number of ether oxygens (including phenoxy) is 2. The zero-order chi connectivity index (χ0) is 21.8. The first-order chi connectivity index (χ1) is 14.3. The van der Waals surface area contributed by atoms with Crippen LogP contribution < -0.4 is 4.74 Å². The predicted molar refractivity (Wildman–Crippen MR) is 111 cm³/mol. The van der Waals surface area contributed by atoms with Gasteiger partial charge in [0.05, 0.1) is 5.56 Å². The molecule has 0 aliphatic rings. The van der Waals surface area contributed by atoms with E-state index in [-0.39, 0.29) is 11.5 Å². The molecule has 0 aliphatic carbocycles. The molecule has 0 fully saturated rings. The molecule has 0 amide bonds. The number of ketones is 1. The van der Waals surface area contributed by atoms with Crippen molar-refractivity contribution >= 4 is 27.7 Å². The Labute approximate surface area is 180 Å². The molecule has 0 atom stereocenters. The predicted octanol–water partition coefficient (Wildman–Crippen LogP) is 5.50. The Balaban J connectivity index is 1.74. The van der Waals surface area contributed by atoms with Crippen LogP contribution in [-0.2, 0) is 4.74 Å². The van der Waals surface area contributed by atoms with Gasteiger partial charge in [-0.3, -0.25) is 4.79 Å². The summed E-state index contributed by atoms with van der Waals surface area (Å²) in [6.45, 7) is 0.298. The maximum Gasteiger partial charge on any atom is 0.387 e. The Morgan fingerprint density at radius 2 is 1.77 bits per heavy atom. The van der Waals surface area contributed by atoms with Crippen LogP contribution in [0.15, 0.2) is 59.1 Å². The second-order valence-electron chi connectivity index (χ2n) is 6.50. The number of esters is 1. The van der Waals surface area contributed by atoms with Crippen molar-refractivity contribution in [3.8, 4) is 11.4 Å². The van der Waals surface area contributed by atoms with Gasteiger partial charge in [0.25, 0.3) is 0 Å². The normalized spacial score (nSPS) is 10.9. The topological polar surface area (TPSA) is 57.5 Å². The molecule has 1 heterocycles. The summed E-state index contributed by atoms with van der Waals surface area (Å²) >= 11 is 3.28. The summed E-state index contributed by atoms with van der Waals surface area (Å²) in [5.41, 5.74) is 2.88.